The average Bonchev–Trinajstić information content (AvgIpc) is 2.22. The van der Waals surface area contributed by atoms with E-state index in [1.807, 2.05) is 0 Å². The Morgan fingerprint density at radius 2 is 0.607 bits per heavy atom. The van der Waals surface area contributed by atoms with Crippen LogP contribution in [0, 0.1) is 0 Å². The van der Waals surface area contributed by atoms with Crippen LogP contribution in [0.5, 0.6) is 0 Å². The summed E-state index contributed by atoms with van der Waals surface area (Å²) >= 11 is 0. The van der Waals surface area contributed by atoms with Crippen molar-refractivity contribution in [2.75, 3.05) is 39.3 Å². The second kappa shape index (κ2) is 33.3. The Morgan fingerprint density at radius 3 is 0.714 bits per heavy atom. The number of carboxylic acid groups (broad SMARTS) is 4. The molecule has 0 spiro atoms. The maximum absolute atomic E-state index is 10.6. The van der Waals surface area contributed by atoms with Gasteiger partial charge in [-0.2, -0.15) is 0 Å². The van der Waals surface area contributed by atoms with E-state index in [1.54, 1.807) is 0 Å². The van der Waals surface area contributed by atoms with Gasteiger partial charge in [-0.3, -0.25) is 29.0 Å². The first kappa shape index (κ1) is 57.1. The fourth-order valence-corrected chi connectivity index (χ4v) is 1.48. The molecule has 0 fully saturated rings. The molecule has 0 aromatic heterocycles. The predicted molar refractivity (Wildman–Crippen MR) is 101 cm³/mol. The van der Waals surface area contributed by atoms with Crippen LogP contribution in [0.2, 0.25) is 0 Å². The van der Waals surface area contributed by atoms with Gasteiger partial charge in [-0.05, 0) is 0 Å². The molecule has 0 saturated heterocycles. The Hall–Kier alpha value is 1.64. The molecule has 0 aromatic carbocycles. The van der Waals surface area contributed by atoms with Gasteiger partial charge in [0.2, 0.25) is 0 Å². The molecule has 0 heterocycles. The molecule has 0 saturated carbocycles. The molecule has 150 valence electrons. The maximum Gasteiger partial charge on any atom is 0.317 e. The van der Waals surface area contributed by atoms with Crippen LogP contribution in [0.15, 0.2) is 0 Å². The zero-order valence-corrected chi connectivity index (χ0v) is 24.6. The van der Waals surface area contributed by atoms with Crippen LogP contribution in [0.3, 0.4) is 0 Å². The second-order valence-corrected chi connectivity index (χ2v) is 4.00. The van der Waals surface area contributed by atoms with Crippen molar-refractivity contribution in [3.63, 3.8) is 0 Å². The third-order valence-electron chi connectivity index (χ3n) is 2.17. The fourth-order valence-electron chi connectivity index (χ4n) is 1.48. The standard InChI is InChI=1S/C10H16N2O8.4Na.4H2O/c13-7(14)3-11(4-8(15)16)1-2-12(5-9(17)18)6-10(19)20;;;;;;;;/h1-6H2,(H,13,14)(H,15,16)(H,17,18)(H,19,20);;;;;4*1H2. The van der Waals surface area contributed by atoms with Gasteiger partial charge in [-0.1, -0.05) is 0 Å². The van der Waals surface area contributed by atoms with Gasteiger partial charge in [0.1, 0.15) is 0 Å². The van der Waals surface area contributed by atoms with Gasteiger partial charge in [-0.15, -0.1) is 0 Å². The number of rotatable bonds is 11. The van der Waals surface area contributed by atoms with Crippen molar-refractivity contribution in [3.8, 4) is 0 Å². The Labute approximate surface area is 249 Å². The zero-order valence-electron chi connectivity index (χ0n) is 16.6. The fraction of sp³-hybridized carbons (Fsp3) is 0.600. The molecule has 0 amide bonds. The molecule has 0 bridgehead atoms. The Morgan fingerprint density at radius 1 is 0.464 bits per heavy atom. The molecular weight excluding hydrogens is 432 g/mol. The molecule has 12 N–H and O–H groups in total. The second-order valence-electron chi connectivity index (χ2n) is 4.00. The summed E-state index contributed by atoms with van der Waals surface area (Å²) in [7, 11) is 0. The molecule has 0 aliphatic rings. The van der Waals surface area contributed by atoms with Gasteiger partial charge < -0.3 is 42.3 Å². The van der Waals surface area contributed by atoms with Crippen molar-refractivity contribution in [1.29, 1.82) is 0 Å². The number of hydrogen-bond acceptors (Lipinski definition) is 6. The van der Waals surface area contributed by atoms with Crippen molar-refractivity contribution in [2.45, 2.75) is 0 Å². The van der Waals surface area contributed by atoms with E-state index in [-0.39, 0.29) is 153 Å². The van der Waals surface area contributed by atoms with Gasteiger partial charge >= 0.3 is 23.9 Å². The van der Waals surface area contributed by atoms with Crippen LogP contribution < -0.4 is 0 Å². The van der Waals surface area contributed by atoms with Gasteiger partial charge in [-0.25, -0.2) is 0 Å². The molecule has 0 unspecified atom stereocenters. The van der Waals surface area contributed by atoms with Crippen LogP contribution in [0.1, 0.15) is 0 Å². The van der Waals surface area contributed by atoms with Crippen molar-refractivity contribution >= 4 is 142 Å². The molecule has 0 aromatic rings. The van der Waals surface area contributed by atoms with E-state index >= 15 is 0 Å². The van der Waals surface area contributed by atoms with Crippen LogP contribution >= 0.6 is 0 Å². The van der Waals surface area contributed by atoms with E-state index in [1.165, 1.54) is 0 Å². The molecular formula is C10H24N2Na4O12. The minimum absolute atomic E-state index is 0. The van der Waals surface area contributed by atoms with Crippen molar-refractivity contribution < 1.29 is 61.5 Å². The van der Waals surface area contributed by atoms with E-state index in [2.05, 4.69) is 0 Å². The van der Waals surface area contributed by atoms with Crippen molar-refractivity contribution in [3.05, 3.63) is 0 Å². The zero-order chi connectivity index (χ0) is 15.7. The van der Waals surface area contributed by atoms with Crippen LogP contribution in [-0.4, -0.2) is 234 Å². The Bertz CT molecular complexity index is 337. The predicted octanol–water partition coefficient (Wildman–Crippen LogP) is -6.89. The molecule has 0 aliphatic carbocycles. The Balaban J connectivity index is -0.0000000645. The third-order valence-corrected chi connectivity index (χ3v) is 2.17. The van der Waals surface area contributed by atoms with Crippen LogP contribution in [-0.2, 0) is 19.2 Å². The van der Waals surface area contributed by atoms with Crippen molar-refractivity contribution in [1.82, 2.24) is 9.80 Å². The number of carboxylic acids is 4. The molecule has 0 aliphatic heterocycles. The van der Waals surface area contributed by atoms with Crippen LogP contribution in [0.25, 0.3) is 0 Å². The summed E-state index contributed by atoms with van der Waals surface area (Å²) in [6.45, 7) is -2.25. The number of hydrogen-bond donors (Lipinski definition) is 4. The van der Waals surface area contributed by atoms with Crippen LogP contribution in [0.4, 0.5) is 0 Å². The number of carbonyl (C=O) groups is 4. The van der Waals surface area contributed by atoms with E-state index in [4.69, 9.17) is 20.4 Å². The van der Waals surface area contributed by atoms with E-state index in [9.17, 15) is 19.2 Å². The average molecular weight is 456 g/mol. The summed E-state index contributed by atoms with van der Waals surface area (Å²) in [4.78, 5) is 44.4. The topological polar surface area (TPSA) is 282 Å². The monoisotopic (exact) mass is 456 g/mol. The van der Waals surface area contributed by atoms with Gasteiger partial charge in [0.15, 0.2) is 0 Å². The number of nitrogens with zero attached hydrogens (tertiary/aromatic N) is 2. The number of aliphatic carboxylic acids is 4. The summed E-state index contributed by atoms with van der Waals surface area (Å²) in [6, 6.07) is 0. The minimum Gasteiger partial charge on any atom is -0.480 e. The summed E-state index contributed by atoms with van der Waals surface area (Å²) in [5, 5.41) is 34.5. The van der Waals surface area contributed by atoms with Gasteiger partial charge in [0, 0.05) is 131 Å². The van der Waals surface area contributed by atoms with E-state index < -0.39 is 50.1 Å². The SMILES string of the molecule is O.O.O.O.O=C(O)CN(CCN(CC(=O)O)CC(=O)O)CC(=O)O.[Na].[Na].[Na].[Na]. The molecule has 0 atom stereocenters. The first-order valence-corrected chi connectivity index (χ1v) is 5.52. The van der Waals surface area contributed by atoms with E-state index in [0.29, 0.717) is 0 Å². The largest absolute Gasteiger partial charge is 0.480 e. The molecule has 18 heteroatoms. The molecule has 14 nitrogen and oxygen atoms in total. The molecule has 4 radical (unpaired) electrons. The first-order chi connectivity index (χ1) is 9.20. The van der Waals surface area contributed by atoms with Gasteiger partial charge in [0.05, 0.1) is 26.2 Å². The quantitative estimate of drug-likeness (QED) is 0.213. The first-order valence-electron chi connectivity index (χ1n) is 5.52. The Kier molecular flexibility index (Phi) is 67.8. The van der Waals surface area contributed by atoms with E-state index in [0.717, 1.165) is 9.80 Å². The van der Waals surface area contributed by atoms with Gasteiger partial charge in [0.25, 0.3) is 0 Å². The maximum atomic E-state index is 10.6. The minimum atomic E-state index is -1.23. The van der Waals surface area contributed by atoms with Crippen molar-refractivity contribution in [2.24, 2.45) is 0 Å². The summed E-state index contributed by atoms with van der Waals surface area (Å²) in [5.74, 6) is -4.91. The molecule has 0 rings (SSSR count). The summed E-state index contributed by atoms with van der Waals surface area (Å²) in [6.07, 6.45) is 0. The summed E-state index contributed by atoms with van der Waals surface area (Å²) in [5.41, 5.74) is 0. The normalized spacial score (nSPS) is 7.64. The summed E-state index contributed by atoms with van der Waals surface area (Å²) < 4.78 is 0. The smallest absolute Gasteiger partial charge is 0.317 e. The third kappa shape index (κ3) is 38.3. The molecule has 28 heavy (non-hydrogen) atoms.